The second kappa shape index (κ2) is 6.79. The summed E-state index contributed by atoms with van der Waals surface area (Å²) in [5.74, 6) is -0.404. The van der Waals surface area contributed by atoms with Crippen molar-refractivity contribution in [2.45, 2.75) is 27.2 Å². The lowest BCUT2D eigenvalue weighted by Crippen LogP contribution is -2.38. The summed E-state index contributed by atoms with van der Waals surface area (Å²) >= 11 is 0. The van der Waals surface area contributed by atoms with Crippen molar-refractivity contribution in [3.05, 3.63) is 0 Å². The second-order valence-electron chi connectivity index (χ2n) is 3.49. The Bertz CT molecular complexity index is 170. The van der Waals surface area contributed by atoms with Gasteiger partial charge < -0.3 is 14.6 Å². The molecule has 1 N–H and O–H groups in total. The maximum Gasteiger partial charge on any atom is 0.316 e. The van der Waals surface area contributed by atoms with Crippen LogP contribution >= 0.6 is 0 Å². The Balaban J connectivity index is 4.09. The lowest BCUT2D eigenvalue weighted by Gasteiger charge is -2.24. The van der Waals surface area contributed by atoms with E-state index in [0.29, 0.717) is 13.2 Å². The minimum absolute atomic E-state index is 0.205. The van der Waals surface area contributed by atoms with E-state index in [9.17, 15) is 4.79 Å². The molecule has 0 rings (SSSR count). The molecule has 0 saturated carbocycles. The zero-order valence-electron chi connectivity index (χ0n) is 9.21. The first-order valence-electron chi connectivity index (χ1n) is 4.96. The van der Waals surface area contributed by atoms with Crippen LogP contribution in [0.2, 0.25) is 0 Å². The molecule has 4 heteroatoms. The predicted octanol–water partition coefficient (Wildman–Crippen LogP) is 0.975. The third-order valence-corrected chi connectivity index (χ3v) is 1.89. The van der Waals surface area contributed by atoms with Gasteiger partial charge in [-0.15, -0.1) is 0 Å². The summed E-state index contributed by atoms with van der Waals surface area (Å²) in [4.78, 5) is 11.4. The Kier molecular flexibility index (Phi) is 6.49. The van der Waals surface area contributed by atoms with Gasteiger partial charge in [0.15, 0.2) is 0 Å². The average molecular weight is 204 g/mol. The topological polar surface area (TPSA) is 55.8 Å². The van der Waals surface area contributed by atoms with E-state index in [2.05, 4.69) is 0 Å². The zero-order valence-corrected chi connectivity index (χ0v) is 9.21. The highest BCUT2D eigenvalue weighted by Crippen LogP contribution is 2.18. The molecule has 0 aromatic heterocycles. The molecule has 0 aliphatic rings. The number of aliphatic hydroxyl groups is 1. The number of esters is 1. The van der Waals surface area contributed by atoms with Crippen LogP contribution in [0.25, 0.3) is 0 Å². The summed E-state index contributed by atoms with van der Waals surface area (Å²) in [6, 6.07) is 0. The molecule has 0 amide bonds. The third kappa shape index (κ3) is 4.07. The van der Waals surface area contributed by atoms with E-state index in [-0.39, 0.29) is 13.2 Å². The van der Waals surface area contributed by atoms with Crippen LogP contribution in [-0.2, 0) is 14.3 Å². The monoisotopic (exact) mass is 204 g/mol. The zero-order chi connectivity index (χ0) is 11.0. The van der Waals surface area contributed by atoms with Crippen molar-refractivity contribution in [1.29, 1.82) is 0 Å². The van der Waals surface area contributed by atoms with Crippen LogP contribution in [0, 0.1) is 5.41 Å². The molecule has 1 atom stereocenters. The number of ether oxygens (including phenoxy) is 2. The van der Waals surface area contributed by atoms with Gasteiger partial charge >= 0.3 is 5.97 Å². The molecule has 0 saturated heterocycles. The molecule has 0 aromatic carbocycles. The first-order chi connectivity index (χ1) is 6.60. The van der Waals surface area contributed by atoms with E-state index in [0.717, 1.165) is 6.42 Å². The predicted molar refractivity (Wildman–Crippen MR) is 52.9 cm³/mol. The number of hydrogen-bond acceptors (Lipinski definition) is 4. The highest BCUT2D eigenvalue weighted by atomic mass is 16.5. The van der Waals surface area contributed by atoms with Crippen LogP contribution in [0.4, 0.5) is 0 Å². The maximum atomic E-state index is 11.4. The normalized spacial score (nSPS) is 14.9. The molecule has 1 unspecified atom stereocenters. The standard InChI is InChI=1S/C10H20O4/c1-4-6-13-8-10(3,7-11)9(12)14-5-2/h11H,4-8H2,1-3H3. The highest BCUT2D eigenvalue weighted by molar-refractivity contribution is 5.76. The molecular formula is C10H20O4. The average Bonchev–Trinajstić information content (AvgIpc) is 2.18. The van der Waals surface area contributed by atoms with Crippen LogP contribution in [0.3, 0.4) is 0 Å². The van der Waals surface area contributed by atoms with Gasteiger partial charge in [0.1, 0.15) is 5.41 Å². The Morgan fingerprint density at radius 2 is 2.07 bits per heavy atom. The van der Waals surface area contributed by atoms with Crippen molar-refractivity contribution < 1.29 is 19.4 Å². The fraction of sp³-hybridized carbons (Fsp3) is 0.900. The van der Waals surface area contributed by atoms with Gasteiger partial charge in [-0.25, -0.2) is 0 Å². The highest BCUT2D eigenvalue weighted by Gasteiger charge is 2.34. The molecule has 0 aromatic rings. The molecule has 0 aliphatic heterocycles. The van der Waals surface area contributed by atoms with Crippen molar-refractivity contribution in [2.75, 3.05) is 26.4 Å². The van der Waals surface area contributed by atoms with Crippen LogP contribution < -0.4 is 0 Å². The van der Waals surface area contributed by atoms with Gasteiger partial charge in [-0.05, 0) is 20.3 Å². The molecule has 0 fully saturated rings. The largest absolute Gasteiger partial charge is 0.465 e. The smallest absolute Gasteiger partial charge is 0.316 e. The Morgan fingerprint density at radius 3 is 2.50 bits per heavy atom. The van der Waals surface area contributed by atoms with E-state index in [1.54, 1.807) is 13.8 Å². The van der Waals surface area contributed by atoms with Gasteiger partial charge in [-0.2, -0.15) is 0 Å². The maximum absolute atomic E-state index is 11.4. The first-order valence-corrected chi connectivity index (χ1v) is 4.96. The lowest BCUT2D eigenvalue weighted by molar-refractivity contribution is -0.161. The summed E-state index contributed by atoms with van der Waals surface area (Å²) in [5.41, 5.74) is -0.925. The van der Waals surface area contributed by atoms with Gasteiger partial charge in [-0.3, -0.25) is 4.79 Å². The quantitative estimate of drug-likeness (QED) is 0.496. The number of rotatable bonds is 7. The number of hydrogen-bond donors (Lipinski definition) is 1. The third-order valence-electron chi connectivity index (χ3n) is 1.89. The van der Waals surface area contributed by atoms with Gasteiger partial charge in [0.05, 0.1) is 19.8 Å². The summed E-state index contributed by atoms with van der Waals surface area (Å²) in [5, 5.41) is 9.10. The number of carbonyl (C=O) groups is 1. The van der Waals surface area contributed by atoms with Crippen LogP contribution in [-0.4, -0.2) is 37.5 Å². The summed E-state index contributed by atoms with van der Waals surface area (Å²) in [7, 11) is 0. The second-order valence-corrected chi connectivity index (χ2v) is 3.49. The Hall–Kier alpha value is -0.610. The molecule has 0 radical (unpaired) electrons. The van der Waals surface area contributed by atoms with Gasteiger partial charge in [0, 0.05) is 6.61 Å². The van der Waals surface area contributed by atoms with Crippen molar-refractivity contribution >= 4 is 5.97 Å². The minimum atomic E-state index is -0.925. The Labute approximate surface area is 85.2 Å². The van der Waals surface area contributed by atoms with Crippen LogP contribution in [0.1, 0.15) is 27.2 Å². The summed E-state index contributed by atoms with van der Waals surface area (Å²) in [6.07, 6.45) is 0.893. The summed E-state index contributed by atoms with van der Waals surface area (Å²) < 4.78 is 10.1. The van der Waals surface area contributed by atoms with Crippen LogP contribution in [0.15, 0.2) is 0 Å². The minimum Gasteiger partial charge on any atom is -0.465 e. The molecular weight excluding hydrogens is 184 g/mol. The Morgan fingerprint density at radius 1 is 1.43 bits per heavy atom. The van der Waals surface area contributed by atoms with Crippen molar-refractivity contribution in [2.24, 2.45) is 5.41 Å². The van der Waals surface area contributed by atoms with E-state index < -0.39 is 11.4 Å². The molecule has 84 valence electrons. The fourth-order valence-electron chi connectivity index (χ4n) is 0.916. The SMILES string of the molecule is CCCOCC(C)(CO)C(=O)OCC. The molecule has 0 spiro atoms. The van der Waals surface area contributed by atoms with E-state index >= 15 is 0 Å². The van der Waals surface area contributed by atoms with E-state index in [1.165, 1.54) is 0 Å². The molecule has 14 heavy (non-hydrogen) atoms. The number of aliphatic hydroxyl groups excluding tert-OH is 1. The molecule has 0 heterocycles. The first kappa shape index (κ1) is 13.4. The van der Waals surface area contributed by atoms with E-state index in [4.69, 9.17) is 14.6 Å². The summed E-state index contributed by atoms with van der Waals surface area (Å²) in [6.45, 7) is 6.23. The molecule has 0 bridgehead atoms. The van der Waals surface area contributed by atoms with Gasteiger partial charge in [-0.1, -0.05) is 6.92 Å². The molecule has 0 aliphatic carbocycles. The fourth-order valence-corrected chi connectivity index (χ4v) is 0.916. The molecule has 4 nitrogen and oxygen atoms in total. The van der Waals surface area contributed by atoms with Crippen molar-refractivity contribution in [1.82, 2.24) is 0 Å². The van der Waals surface area contributed by atoms with Crippen molar-refractivity contribution in [3.63, 3.8) is 0 Å². The number of carbonyl (C=O) groups excluding carboxylic acids is 1. The van der Waals surface area contributed by atoms with Crippen molar-refractivity contribution in [3.8, 4) is 0 Å². The van der Waals surface area contributed by atoms with Gasteiger partial charge in [0.2, 0.25) is 0 Å². The lowest BCUT2D eigenvalue weighted by atomic mass is 9.93. The van der Waals surface area contributed by atoms with Crippen LogP contribution in [0.5, 0.6) is 0 Å². The van der Waals surface area contributed by atoms with Gasteiger partial charge in [0.25, 0.3) is 0 Å². The van der Waals surface area contributed by atoms with E-state index in [1.807, 2.05) is 6.92 Å².